The van der Waals surface area contributed by atoms with Crippen LogP contribution in [0.1, 0.15) is 24.8 Å². The Labute approximate surface area is 102 Å². The average molecular weight is 258 g/mol. The van der Waals surface area contributed by atoms with E-state index in [1.165, 1.54) is 0 Å². The Bertz CT molecular complexity index is 509. The number of rotatable bonds is 4. The number of methoxy groups -OCH3 is 1. The van der Waals surface area contributed by atoms with Crippen molar-refractivity contribution in [1.82, 2.24) is 0 Å². The van der Waals surface area contributed by atoms with E-state index < -0.39 is 34.5 Å². The zero-order valence-corrected chi connectivity index (χ0v) is 9.67. The molecule has 2 N–H and O–H groups in total. The van der Waals surface area contributed by atoms with Crippen LogP contribution < -0.4 is 4.74 Å². The van der Waals surface area contributed by atoms with Crippen molar-refractivity contribution in [3.63, 3.8) is 0 Å². The average Bonchev–Trinajstić information content (AvgIpc) is 2.96. The molecule has 0 saturated heterocycles. The van der Waals surface area contributed by atoms with Gasteiger partial charge in [0.1, 0.15) is 5.82 Å². The number of carbonyl (C=O) groups is 1. The van der Waals surface area contributed by atoms with Gasteiger partial charge in [-0.1, -0.05) is 0 Å². The normalized spacial score (nSPS) is 16.4. The highest BCUT2D eigenvalue weighted by Gasteiger charge is 2.50. The van der Waals surface area contributed by atoms with E-state index in [9.17, 15) is 18.7 Å². The number of aliphatic carboxylic acids is 1. The highest BCUT2D eigenvalue weighted by atomic mass is 19.1. The van der Waals surface area contributed by atoms with Crippen LogP contribution in [0.2, 0.25) is 0 Å². The maximum absolute atomic E-state index is 13.8. The lowest BCUT2D eigenvalue weighted by Crippen LogP contribution is -2.15. The van der Waals surface area contributed by atoms with Gasteiger partial charge in [0.05, 0.1) is 13.5 Å². The largest absolute Gasteiger partial charge is 0.504 e. The first-order valence-electron chi connectivity index (χ1n) is 5.38. The van der Waals surface area contributed by atoms with Crippen LogP contribution in [0.3, 0.4) is 0 Å². The van der Waals surface area contributed by atoms with E-state index >= 15 is 0 Å². The van der Waals surface area contributed by atoms with Crippen LogP contribution in [0.4, 0.5) is 8.78 Å². The van der Waals surface area contributed by atoms with Gasteiger partial charge in [0.2, 0.25) is 0 Å². The maximum Gasteiger partial charge on any atom is 0.304 e. The third-order valence-electron chi connectivity index (χ3n) is 3.24. The third kappa shape index (κ3) is 1.87. The molecule has 1 fully saturated rings. The zero-order chi connectivity index (χ0) is 13.5. The first-order chi connectivity index (χ1) is 8.41. The molecule has 0 aliphatic heterocycles. The molecule has 0 unspecified atom stereocenters. The SMILES string of the molecule is COc1c(F)cc(F)c(C2(CC(=O)O)CC2)c1O. The fraction of sp³-hybridized carbons (Fsp3) is 0.417. The van der Waals surface area contributed by atoms with Crippen molar-refractivity contribution in [3.05, 3.63) is 23.3 Å². The Balaban J connectivity index is 2.54. The lowest BCUT2D eigenvalue weighted by molar-refractivity contribution is -0.137. The van der Waals surface area contributed by atoms with Crippen LogP contribution in [0.25, 0.3) is 0 Å². The van der Waals surface area contributed by atoms with Gasteiger partial charge in [0, 0.05) is 17.0 Å². The molecule has 1 aliphatic carbocycles. The zero-order valence-electron chi connectivity index (χ0n) is 9.67. The number of ether oxygens (including phenoxy) is 1. The summed E-state index contributed by atoms with van der Waals surface area (Å²) in [6.45, 7) is 0. The molecule has 1 aromatic rings. The van der Waals surface area contributed by atoms with Gasteiger partial charge in [-0.25, -0.2) is 8.78 Å². The van der Waals surface area contributed by atoms with Gasteiger partial charge in [0.25, 0.3) is 0 Å². The van der Waals surface area contributed by atoms with Gasteiger partial charge in [-0.15, -0.1) is 0 Å². The van der Waals surface area contributed by atoms with Crippen molar-refractivity contribution < 1.29 is 28.5 Å². The number of benzene rings is 1. The molecule has 0 aromatic heterocycles. The lowest BCUT2D eigenvalue weighted by Gasteiger charge is -2.18. The summed E-state index contributed by atoms with van der Waals surface area (Å²) in [5, 5.41) is 18.6. The monoisotopic (exact) mass is 258 g/mol. The van der Waals surface area contributed by atoms with Crippen molar-refractivity contribution in [2.24, 2.45) is 0 Å². The van der Waals surface area contributed by atoms with Crippen molar-refractivity contribution in [1.29, 1.82) is 0 Å². The number of carboxylic acids is 1. The Morgan fingerprint density at radius 2 is 2.06 bits per heavy atom. The highest BCUT2D eigenvalue weighted by molar-refractivity contribution is 5.71. The molecule has 1 aliphatic rings. The molecule has 0 heterocycles. The van der Waals surface area contributed by atoms with Gasteiger partial charge in [0.15, 0.2) is 17.3 Å². The summed E-state index contributed by atoms with van der Waals surface area (Å²) in [4.78, 5) is 10.8. The van der Waals surface area contributed by atoms with Crippen LogP contribution in [-0.4, -0.2) is 23.3 Å². The number of phenolic OH excluding ortho intramolecular Hbond substituents is 1. The van der Waals surface area contributed by atoms with Crippen LogP contribution in [0.5, 0.6) is 11.5 Å². The second kappa shape index (κ2) is 4.12. The Hall–Kier alpha value is -1.85. The van der Waals surface area contributed by atoms with Crippen molar-refractivity contribution in [3.8, 4) is 11.5 Å². The molecule has 4 nitrogen and oxygen atoms in total. The van der Waals surface area contributed by atoms with Gasteiger partial charge < -0.3 is 14.9 Å². The summed E-state index contributed by atoms with van der Waals surface area (Å²) in [6.07, 6.45) is 0.587. The molecule has 1 aromatic carbocycles. The van der Waals surface area contributed by atoms with E-state index in [1.807, 2.05) is 0 Å². The van der Waals surface area contributed by atoms with E-state index in [2.05, 4.69) is 4.74 Å². The standard InChI is InChI=1S/C12H12F2O4/c1-18-11-7(14)4-6(13)9(10(11)17)12(2-3-12)5-8(15)16/h4,17H,2-3,5H2,1H3,(H,15,16). The van der Waals surface area contributed by atoms with E-state index in [0.29, 0.717) is 18.9 Å². The predicted octanol–water partition coefficient (Wildman–Crippen LogP) is 2.19. The van der Waals surface area contributed by atoms with Crippen molar-refractivity contribution in [2.75, 3.05) is 7.11 Å². The predicted molar refractivity (Wildman–Crippen MR) is 57.7 cm³/mol. The summed E-state index contributed by atoms with van der Waals surface area (Å²) in [5.41, 5.74) is -1.11. The number of aromatic hydroxyl groups is 1. The highest BCUT2D eigenvalue weighted by Crippen LogP contribution is 2.56. The maximum atomic E-state index is 13.8. The molecular formula is C12H12F2O4. The van der Waals surface area contributed by atoms with Gasteiger partial charge in [-0.3, -0.25) is 4.79 Å². The van der Waals surface area contributed by atoms with E-state index in [1.54, 1.807) is 0 Å². The molecule has 0 spiro atoms. The number of phenols is 1. The minimum atomic E-state index is -1.09. The summed E-state index contributed by atoms with van der Waals surface area (Å²) in [7, 11) is 1.15. The molecule has 0 amide bonds. The molecule has 0 radical (unpaired) electrons. The number of carboxylic acid groups (broad SMARTS) is 1. The Morgan fingerprint density at radius 3 is 2.50 bits per heavy atom. The molecule has 0 atom stereocenters. The second-order valence-corrected chi connectivity index (χ2v) is 4.45. The molecule has 0 bridgehead atoms. The van der Waals surface area contributed by atoms with Crippen LogP contribution in [-0.2, 0) is 10.2 Å². The van der Waals surface area contributed by atoms with E-state index in [-0.39, 0.29) is 12.0 Å². The topological polar surface area (TPSA) is 66.8 Å². The van der Waals surface area contributed by atoms with Gasteiger partial charge in [-0.05, 0) is 12.8 Å². The van der Waals surface area contributed by atoms with E-state index in [0.717, 1.165) is 7.11 Å². The first-order valence-corrected chi connectivity index (χ1v) is 5.38. The summed E-state index contributed by atoms with van der Waals surface area (Å²) < 4.78 is 31.7. The van der Waals surface area contributed by atoms with Gasteiger partial charge >= 0.3 is 5.97 Å². The molecular weight excluding hydrogens is 246 g/mol. The van der Waals surface area contributed by atoms with Crippen LogP contribution >= 0.6 is 0 Å². The second-order valence-electron chi connectivity index (χ2n) is 4.45. The van der Waals surface area contributed by atoms with Crippen molar-refractivity contribution in [2.45, 2.75) is 24.7 Å². The fourth-order valence-corrected chi connectivity index (χ4v) is 2.24. The van der Waals surface area contributed by atoms with Crippen molar-refractivity contribution >= 4 is 5.97 Å². The molecule has 1 saturated carbocycles. The van der Waals surface area contributed by atoms with Crippen LogP contribution in [0, 0.1) is 11.6 Å². The molecule has 98 valence electrons. The first kappa shape index (κ1) is 12.6. The summed E-state index contributed by atoms with van der Waals surface area (Å²) >= 11 is 0. The lowest BCUT2D eigenvalue weighted by atomic mass is 9.90. The number of halogens is 2. The number of hydrogen-bond acceptors (Lipinski definition) is 3. The summed E-state index contributed by atoms with van der Waals surface area (Å²) in [5.74, 6) is -4.14. The minimum Gasteiger partial charge on any atom is -0.504 e. The Morgan fingerprint density at radius 1 is 1.44 bits per heavy atom. The Kier molecular flexibility index (Phi) is 2.88. The summed E-state index contributed by atoms with van der Waals surface area (Å²) in [6, 6.07) is 0.607. The molecule has 6 heteroatoms. The smallest absolute Gasteiger partial charge is 0.304 e. The quantitative estimate of drug-likeness (QED) is 0.868. The molecule has 18 heavy (non-hydrogen) atoms. The van der Waals surface area contributed by atoms with Gasteiger partial charge in [-0.2, -0.15) is 0 Å². The van der Waals surface area contributed by atoms with E-state index in [4.69, 9.17) is 5.11 Å². The molecule has 2 rings (SSSR count). The third-order valence-corrected chi connectivity index (χ3v) is 3.24. The number of hydrogen-bond donors (Lipinski definition) is 2. The van der Waals surface area contributed by atoms with Crippen LogP contribution in [0.15, 0.2) is 6.07 Å². The minimum absolute atomic E-state index is 0.164. The fourth-order valence-electron chi connectivity index (χ4n) is 2.24.